The van der Waals surface area contributed by atoms with E-state index >= 15 is 0 Å². The summed E-state index contributed by atoms with van der Waals surface area (Å²) < 4.78 is 5.63. The highest BCUT2D eigenvalue weighted by atomic mass is 16.5. The normalized spacial score (nSPS) is 19.7. The van der Waals surface area contributed by atoms with Crippen molar-refractivity contribution in [2.45, 2.75) is 56.5 Å². The Balaban J connectivity index is 1.26. The van der Waals surface area contributed by atoms with Crippen LogP contribution in [0.1, 0.15) is 56.1 Å². The minimum atomic E-state index is -1.32. The van der Waals surface area contributed by atoms with E-state index in [1.54, 1.807) is 6.92 Å². The molecule has 2 atom stereocenters. The van der Waals surface area contributed by atoms with Gasteiger partial charge in [0, 0.05) is 5.92 Å². The van der Waals surface area contributed by atoms with Crippen LogP contribution in [0.25, 0.3) is 11.1 Å². The molecule has 2 aromatic rings. The maximum absolute atomic E-state index is 13.1. The van der Waals surface area contributed by atoms with Crippen LogP contribution >= 0.6 is 0 Å². The van der Waals surface area contributed by atoms with E-state index in [1.165, 1.54) is 0 Å². The molecule has 7 nitrogen and oxygen atoms in total. The second-order valence-electron chi connectivity index (χ2n) is 9.91. The maximum Gasteiger partial charge on any atom is 0.407 e. The van der Waals surface area contributed by atoms with E-state index in [-0.39, 0.29) is 24.4 Å². The molecular formula is C27H30N2O5. The molecule has 0 radical (unpaired) electrons. The second kappa shape index (κ2) is 8.78. The lowest BCUT2D eigenvalue weighted by Crippen LogP contribution is -2.61. The van der Waals surface area contributed by atoms with E-state index in [0.717, 1.165) is 54.4 Å². The molecule has 0 saturated heterocycles. The molecule has 0 aromatic heterocycles. The Kier molecular flexibility index (Phi) is 5.80. The van der Waals surface area contributed by atoms with Gasteiger partial charge in [0.05, 0.1) is 0 Å². The van der Waals surface area contributed by atoms with Gasteiger partial charge in [0.1, 0.15) is 18.2 Å². The van der Waals surface area contributed by atoms with E-state index in [0.29, 0.717) is 0 Å². The summed E-state index contributed by atoms with van der Waals surface area (Å²) in [6.45, 7) is 1.71. The number of amides is 2. The van der Waals surface area contributed by atoms with Gasteiger partial charge in [-0.05, 0) is 66.7 Å². The number of carboxylic acids is 1. The molecule has 2 unspecified atom stereocenters. The van der Waals surface area contributed by atoms with Crippen LogP contribution < -0.4 is 10.6 Å². The number of ether oxygens (including phenoxy) is 1. The average Bonchev–Trinajstić information content (AvgIpc) is 3.60. The number of fused-ring (bicyclic) bond motifs is 3. The number of carboxylic acid groups (broad SMARTS) is 1. The van der Waals surface area contributed by atoms with Crippen LogP contribution in [0.4, 0.5) is 4.79 Å². The first-order chi connectivity index (χ1) is 16.4. The summed E-state index contributed by atoms with van der Waals surface area (Å²) in [5.74, 6) is -1.66. The van der Waals surface area contributed by atoms with Crippen LogP contribution in [-0.2, 0) is 14.3 Å². The summed E-state index contributed by atoms with van der Waals surface area (Å²) in [4.78, 5) is 37.8. The summed E-state index contributed by atoms with van der Waals surface area (Å²) >= 11 is 0. The van der Waals surface area contributed by atoms with E-state index in [1.807, 2.05) is 24.3 Å². The monoisotopic (exact) mass is 462 g/mol. The van der Waals surface area contributed by atoms with Gasteiger partial charge in [-0.25, -0.2) is 9.59 Å². The molecule has 2 fully saturated rings. The molecule has 7 heteroatoms. The first kappa shape index (κ1) is 22.4. The molecule has 34 heavy (non-hydrogen) atoms. The average molecular weight is 463 g/mol. The fraction of sp³-hybridized carbons (Fsp3) is 0.444. The Hall–Kier alpha value is -3.35. The molecule has 2 saturated carbocycles. The number of alkyl carbamates (subject to hydrolysis) is 1. The first-order valence-electron chi connectivity index (χ1n) is 12.1. The van der Waals surface area contributed by atoms with Crippen molar-refractivity contribution in [3.8, 4) is 11.1 Å². The zero-order valence-electron chi connectivity index (χ0n) is 19.3. The highest BCUT2D eigenvalue weighted by Crippen LogP contribution is 2.44. The predicted octanol–water partition coefficient (Wildman–Crippen LogP) is 4.06. The third kappa shape index (κ3) is 4.04. The van der Waals surface area contributed by atoms with Gasteiger partial charge >= 0.3 is 12.1 Å². The first-order valence-corrected chi connectivity index (χ1v) is 12.1. The zero-order chi connectivity index (χ0) is 23.9. The van der Waals surface area contributed by atoms with Gasteiger partial charge in [0.2, 0.25) is 5.91 Å². The van der Waals surface area contributed by atoms with Crippen molar-refractivity contribution < 1.29 is 24.2 Å². The van der Waals surface area contributed by atoms with E-state index in [9.17, 15) is 19.5 Å². The molecule has 0 spiro atoms. The highest BCUT2D eigenvalue weighted by molar-refractivity contribution is 5.92. The fourth-order valence-corrected chi connectivity index (χ4v) is 5.26. The van der Waals surface area contributed by atoms with Crippen molar-refractivity contribution in [2.24, 2.45) is 11.8 Å². The Morgan fingerprint density at radius 1 is 1.00 bits per heavy atom. The van der Waals surface area contributed by atoms with E-state index in [2.05, 4.69) is 34.9 Å². The summed E-state index contributed by atoms with van der Waals surface area (Å²) in [5, 5.41) is 15.2. The van der Waals surface area contributed by atoms with Crippen LogP contribution in [0.15, 0.2) is 48.5 Å². The lowest BCUT2D eigenvalue weighted by Gasteiger charge is -2.35. The van der Waals surface area contributed by atoms with Gasteiger partial charge in [0.25, 0.3) is 0 Å². The van der Waals surface area contributed by atoms with Gasteiger partial charge < -0.3 is 20.5 Å². The number of rotatable bonds is 8. The number of hydrogen-bond acceptors (Lipinski definition) is 4. The second-order valence-corrected chi connectivity index (χ2v) is 9.91. The van der Waals surface area contributed by atoms with E-state index < -0.39 is 29.6 Å². The molecule has 2 amide bonds. The number of hydrogen-bond donors (Lipinski definition) is 3. The lowest BCUT2D eigenvalue weighted by atomic mass is 9.79. The topological polar surface area (TPSA) is 105 Å². The molecule has 2 aromatic carbocycles. The third-order valence-corrected chi connectivity index (χ3v) is 7.74. The Labute approximate surface area is 198 Å². The molecule has 0 heterocycles. The minimum Gasteiger partial charge on any atom is -0.480 e. The van der Waals surface area contributed by atoms with Gasteiger partial charge in [-0.2, -0.15) is 0 Å². The standard InChI is InChI=1S/C27H30N2O5/c1-27(25(31)32,17-13-14-17)29-24(30)23(16-7-6-8-16)28-26(33)34-15-22-20-11-4-2-9-18(20)19-10-3-5-12-21(19)22/h2-5,9-12,16-17,22-23H,6-8,13-15H2,1H3,(H,28,33)(H,29,30)(H,31,32). The number of aliphatic carboxylic acids is 1. The molecule has 5 rings (SSSR count). The van der Waals surface area contributed by atoms with Crippen molar-refractivity contribution in [3.05, 3.63) is 59.7 Å². The highest BCUT2D eigenvalue weighted by Gasteiger charge is 2.50. The summed E-state index contributed by atoms with van der Waals surface area (Å²) in [7, 11) is 0. The fourth-order valence-electron chi connectivity index (χ4n) is 5.26. The molecule has 0 aliphatic heterocycles. The molecule has 0 bridgehead atoms. The lowest BCUT2D eigenvalue weighted by molar-refractivity contribution is -0.148. The van der Waals surface area contributed by atoms with Gasteiger partial charge in [0.15, 0.2) is 0 Å². The maximum atomic E-state index is 13.1. The third-order valence-electron chi connectivity index (χ3n) is 7.74. The Morgan fingerprint density at radius 3 is 2.09 bits per heavy atom. The molecule has 178 valence electrons. The zero-order valence-corrected chi connectivity index (χ0v) is 19.3. The smallest absolute Gasteiger partial charge is 0.407 e. The van der Waals surface area contributed by atoms with Crippen LogP contribution in [0, 0.1) is 11.8 Å². The molecule has 3 aliphatic rings. The van der Waals surface area contributed by atoms with Gasteiger partial charge in [-0.15, -0.1) is 0 Å². The van der Waals surface area contributed by atoms with Crippen molar-refractivity contribution in [1.82, 2.24) is 10.6 Å². The molecule has 3 aliphatic carbocycles. The Bertz CT molecular complexity index is 1080. The predicted molar refractivity (Wildman–Crippen MR) is 126 cm³/mol. The molecule has 3 N–H and O–H groups in total. The number of carbonyl (C=O) groups excluding carboxylic acids is 2. The Morgan fingerprint density at radius 2 is 1.59 bits per heavy atom. The van der Waals surface area contributed by atoms with Gasteiger partial charge in [-0.3, -0.25) is 4.79 Å². The van der Waals surface area contributed by atoms with Crippen LogP contribution in [-0.4, -0.2) is 41.3 Å². The van der Waals surface area contributed by atoms with Gasteiger partial charge in [-0.1, -0.05) is 55.0 Å². The van der Waals surface area contributed by atoms with Crippen LogP contribution in [0.5, 0.6) is 0 Å². The van der Waals surface area contributed by atoms with Crippen molar-refractivity contribution in [2.75, 3.05) is 6.61 Å². The number of nitrogens with one attached hydrogen (secondary N) is 2. The number of carbonyl (C=O) groups is 3. The van der Waals surface area contributed by atoms with Crippen molar-refractivity contribution in [3.63, 3.8) is 0 Å². The quantitative estimate of drug-likeness (QED) is 0.549. The van der Waals surface area contributed by atoms with Crippen LogP contribution in [0.3, 0.4) is 0 Å². The summed E-state index contributed by atoms with van der Waals surface area (Å²) in [6, 6.07) is 15.4. The van der Waals surface area contributed by atoms with Crippen LogP contribution in [0.2, 0.25) is 0 Å². The SMILES string of the molecule is CC(NC(=O)C(NC(=O)OCC1c2ccccc2-c2ccccc21)C1CCC1)(C(=O)O)C1CC1. The summed E-state index contributed by atoms with van der Waals surface area (Å²) in [5.41, 5.74) is 3.21. The van der Waals surface area contributed by atoms with Crippen molar-refractivity contribution >= 4 is 18.0 Å². The molecular weight excluding hydrogens is 432 g/mol. The number of benzene rings is 2. The largest absolute Gasteiger partial charge is 0.480 e. The minimum absolute atomic E-state index is 0.0160. The van der Waals surface area contributed by atoms with Crippen molar-refractivity contribution in [1.29, 1.82) is 0 Å². The van der Waals surface area contributed by atoms with E-state index in [4.69, 9.17) is 4.74 Å². The summed E-state index contributed by atoms with van der Waals surface area (Å²) in [6.07, 6.45) is 3.51.